The summed E-state index contributed by atoms with van der Waals surface area (Å²) in [6.45, 7) is 0.296. The fourth-order valence-corrected chi connectivity index (χ4v) is 2.12. The van der Waals surface area contributed by atoms with Gasteiger partial charge in [-0.05, 0) is 12.1 Å². The molecule has 6 nitrogen and oxygen atoms in total. The van der Waals surface area contributed by atoms with E-state index in [-0.39, 0.29) is 13.1 Å². The monoisotopic (exact) mass is 334 g/mol. The van der Waals surface area contributed by atoms with Gasteiger partial charge in [-0.1, -0.05) is 29.3 Å². The molecular formula is C13H16Cl2N2O4. The fourth-order valence-electron chi connectivity index (χ4n) is 1.62. The molecule has 0 bridgehead atoms. The highest BCUT2D eigenvalue weighted by molar-refractivity contribution is 6.39. The first kappa shape index (κ1) is 17.7. The number of rotatable bonds is 8. The van der Waals surface area contributed by atoms with Crippen LogP contribution in [0.25, 0.3) is 0 Å². The topological polar surface area (TPSA) is 78.9 Å². The fraction of sp³-hybridized carbons (Fsp3) is 0.385. The van der Waals surface area contributed by atoms with E-state index in [1.807, 2.05) is 0 Å². The average molecular weight is 335 g/mol. The highest BCUT2D eigenvalue weighted by Crippen LogP contribution is 2.29. The molecule has 116 valence electrons. The van der Waals surface area contributed by atoms with Crippen LogP contribution in [0.3, 0.4) is 0 Å². The Hall–Kier alpha value is -1.34. The molecule has 2 N–H and O–H groups in total. The number of benzene rings is 1. The van der Waals surface area contributed by atoms with E-state index in [0.29, 0.717) is 28.9 Å². The van der Waals surface area contributed by atoms with Gasteiger partial charge in [0.25, 0.3) is 0 Å². The van der Waals surface area contributed by atoms with Crippen LogP contribution in [0.15, 0.2) is 18.2 Å². The molecule has 0 spiro atoms. The van der Waals surface area contributed by atoms with Crippen molar-refractivity contribution in [1.29, 1.82) is 0 Å². The Balaban J connectivity index is 2.66. The minimum Gasteiger partial charge on any atom is -0.480 e. The quantitative estimate of drug-likeness (QED) is 0.759. The maximum absolute atomic E-state index is 12.0. The van der Waals surface area contributed by atoms with Gasteiger partial charge >= 0.3 is 5.97 Å². The largest absolute Gasteiger partial charge is 0.480 e. The van der Waals surface area contributed by atoms with E-state index in [1.165, 1.54) is 12.0 Å². The summed E-state index contributed by atoms with van der Waals surface area (Å²) in [5.74, 6) is -1.42. The van der Waals surface area contributed by atoms with E-state index in [2.05, 4.69) is 5.32 Å². The average Bonchev–Trinajstić information content (AvgIpc) is 2.40. The molecule has 1 rings (SSSR count). The number of carboxylic acid groups (broad SMARTS) is 1. The summed E-state index contributed by atoms with van der Waals surface area (Å²) in [5, 5.41) is 12.0. The first-order chi connectivity index (χ1) is 9.93. The number of hydrogen-bond donors (Lipinski definition) is 2. The summed E-state index contributed by atoms with van der Waals surface area (Å²) in [5.41, 5.74) is 0.313. The van der Waals surface area contributed by atoms with Gasteiger partial charge in [-0.2, -0.15) is 0 Å². The highest BCUT2D eigenvalue weighted by Gasteiger charge is 2.15. The van der Waals surface area contributed by atoms with Crippen molar-refractivity contribution in [3.05, 3.63) is 28.2 Å². The van der Waals surface area contributed by atoms with E-state index in [4.69, 9.17) is 33.0 Å². The predicted molar refractivity (Wildman–Crippen MR) is 81.0 cm³/mol. The Bertz CT molecular complexity index is 491. The third-order valence-corrected chi connectivity index (χ3v) is 3.19. The molecule has 0 aliphatic rings. The summed E-state index contributed by atoms with van der Waals surface area (Å²) >= 11 is 11.9. The molecule has 0 aliphatic heterocycles. The van der Waals surface area contributed by atoms with Gasteiger partial charge in [0.05, 0.1) is 35.4 Å². The van der Waals surface area contributed by atoms with Crippen molar-refractivity contribution in [2.24, 2.45) is 0 Å². The highest BCUT2D eigenvalue weighted by atomic mass is 35.5. The molecule has 8 heteroatoms. The lowest BCUT2D eigenvalue weighted by atomic mass is 10.3. The molecule has 1 amide bonds. The number of carboxylic acids is 1. The lowest BCUT2D eigenvalue weighted by molar-refractivity contribution is -0.138. The number of anilines is 1. The van der Waals surface area contributed by atoms with Crippen molar-refractivity contribution in [3.63, 3.8) is 0 Å². The van der Waals surface area contributed by atoms with Gasteiger partial charge in [-0.15, -0.1) is 0 Å². The van der Waals surface area contributed by atoms with Crippen molar-refractivity contribution in [1.82, 2.24) is 4.90 Å². The molecule has 1 aromatic rings. The lowest BCUT2D eigenvalue weighted by Gasteiger charge is -2.19. The second-order valence-electron chi connectivity index (χ2n) is 4.24. The minimum absolute atomic E-state index is 0.1000. The van der Waals surface area contributed by atoms with Gasteiger partial charge in [-0.3, -0.25) is 14.5 Å². The zero-order chi connectivity index (χ0) is 15.8. The normalized spacial score (nSPS) is 10.7. The second-order valence-corrected chi connectivity index (χ2v) is 5.06. The van der Waals surface area contributed by atoms with Crippen LogP contribution in [0, 0.1) is 0 Å². The zero-order valence-electron chi connectivity index (χ0n) is 11.4. The third-order valence-electron chi connectivity index (χ3n) is 2.56. The molecule has 0 radical (unpaired) electrons. The van der Waals surface area contributed by atoms with E-state index < -0.39 is 11.9 Å². The zero-order valence-corrected chi connectivity index (χ0v) is 12.9. The Morgan fingerprint density at radius 3 is 2.43 bits per heavy atom. The molecule has 0 saturated heterocycles. The van der Waals surface area contributed by atoms with E-state index >= 15 is 0 Å². The molecule has 0 saturated carbocycles. The maximum atomic E-state index is 12.0. The van der Waals surface area contributed by atoms with Crippen molar-refractivity contribution >= 4 is 40.8 Å². The van der Waals surface area contributed by atoms with Gasteiger partial charge in [-0.25, -0.2) is 0 Å². The third kappa shape index (κ3) is 6.31. The van der Waals surface area contributed by atoms with Gasteiger partial charge in [0.15, 0.2) is 0 Å². The number of nitrogens with one attached hydrogen (secondary N) is 1. The minimum atomic E-state index is -1.02. The molecule has 0 unspecified atom stereocenters. The number of nitrogens with zero attached hydrogens (tertiary/aromatic N) is 1. The second kappa shape index (κ2) is 8.84. The Kier molecular flexibility index (Phi) is 7.45. The van der Waals surface area contributed by atoms with E-state index in [9.17, 15) is 9.59 Å². The van der Waals surface area contributed by atoms with Crippen LogP contribution in [0.1, 0.15) is 0 Å². The Morgan fingerprint density at radius 1 is 1.29 bits per heavy atom. The number of halogens is 2. The standard InChI is InChI=1S/C13H16Cl2N2O4/c1-21-6-5-17(8-12(19)20)7-11(18)16-13-9(14)3-2-4-10(13)15/h2-4H,5-8H2,1H3,(H,16,18)(H,19,20). The summed E-state index contributed by atoms with van der Waals surface area (Å²) < 4.78 is 4.88. The van der Waals surface area contributed by atoms with Crippen LogP contribution in [0.4, 0.5) is 5.69 Å². The molecular weight excluding hydrogens is 319 g/mol. The van der Waals surface area contributed by atoms with E-state index in [1.54, 1.807) is 18.2 Å². The van der Waals surface area contributed by atoms with Crippen LogP contribution >= 0.6 is 23.2 Å². The molecule has 1 aromatic carbocycles. The number of carbonyl (C=O) groups is 2. The molecule has 0 fully saturated rings. The summed E-state index contributed by atoms with van der Waals surface area (Å²) in [6.07, 6.45) is 0. The molecule has 0 aliphatic carbocycles. The predicted octanol–water partition coefficient (Wildman–Crippen LogP) is 1.96. The SMILES string of the molecule is COCCN(CC(=O)O)CC(=O)Nc1c(Cl)cccc1Cl. The van der Waals surface area contributed by atoms with Crippen molar-refractivity contribution in [3.8, 4) is 0 Å². The van der Waals surface area contributed by atoms with Crippen molar-refractivity contribution in [2.45, 2.75) is 0 Å². The van der Waals surface area contributed by atoms with Crippen molar-refractivity contribution < 1.29 is 19.4 Å². The van der Waals surface area contributed by atoms with Crippen LogP contribution in [-0.4, -0.2) is 55.2 Å². The van der Waals surface area contributed by atoms with Crippen LogP contribution < -0.4 is 5.32 Å². The first-order valence-corrected chi connectivity index (χ1v) is 6.86. The smallest absolute Gasteiger partial charge is 0.317 e. The number of methoxy groups -OCH3 is 1. The van der Waals surface area contributed by atoms with Gasteiger partial charge in [0.1, 0.15) is 0 Å². The molecule has 0 aromatic heterocycles. The number of para-hydroxylation sites is 1. The summed E-state index contributed by atoms with van der Waals surface area (Å²) in [7, 11) is 1.50. The number of aliphatic carboxylic acids is 1. The summed E-state index contributed by atoms with van der Waals surface area (Å²) in [6, 6.07) is 4.86. The maximum Gasteiger partial charge on any atom is 0.317 e. The van der Waals surface area contributed by atoms with Crippen LogP contribution in [0.5, 0.6) is 0 Å². The van der Waals surface area contributed by atoms with E-state index in [0.717, 1.165) is 0 Å². The molecule has 0 atom stereocenters. The number of hydrogen-bond acceptors (Lipinski definition) is 4. The molecule has 21 heavy (non-hydrogen) atoms. The van der Waals surface area contributed by atoms with Crippen LogP contribution in [0.2, 0.25) is 10.0 Å². The van der Waals surface area contributed by atoms with Gasteiger partial charge in [0.2, 0.25) is 5.91 Å². The van der Waals surface area contributed by atoms with Crippen LogP contribution in [-0.2, 0) is 14.3 Å². The lowest BCUT2D eigenvalue weighted by Crippen LogP contribution is -2.38. The Labute approximate surface area is 132 Å². The van der Waals surface area contributed by atoms with Gasteiger partial charge < -0.3 is 15.2 Å². The van der Waals surface area contributed by atoms with Crippen molar-refractivity contribution in [2.75, 3.05) is 38.7 Å². The number of carbonyl (C=O) groups excluding carboxylic acids is 1. The molecule has 0 heterocycles. The number of amides is 1. The number of ether oxygens (including phenoxy) is 1. The summed E-state index contributed by atoms with van der Waals surface area (Å²) in [4.78, 5) is 24.2. The first-order valence-electron chi connectivity index (χ1n) is 6.11. The Morgan fingerprint density at radius 2 is 1.90 bits per heavy atom. The van der Waals surface area contributed by atoms with Gasteiger partial charge in [0, 0.05) is 13.7 Å².